The summed E-state index contributed by atoms with van der Waals surface area (Å²) in [6.07, 6.45) is 4.43. The molecule has 0 atom stereocenters. The van der Waals surface area contributed by atoms with Crippen molar-refractivity contribution in [3.8, 4) is 22.6 Å². The number of benzene rings is 3. The first-order valence-electron chi connectivity index (χ1n) is 12.6. The van der Waals surface area contributed by atoms with Gasteiger partial charge in [-0.1, -0.05) is 30.3 Å². The van der Waals surface area contributed by atoms with E-state index in [9.17, 15) is 9.18 Å². The van der Waals surface area contributed by atoms with Crippen molar-refractivity contribution in [2.75, 3.05) is 33.4 Å². The molecule has 1 aliphatic rings. The van der Waals surface area contributed by atoms with Gasteiger partial charge in [0.15, 0.2) is 5.76 Å². The van der Waals surface area contributed by atoms with Gasteiger partial charge in [-0.25, -0.2) is 4.39 Å². The molecule has 1 aliphatic heterocycles. The number of hydrogen-bond acceptors (Lipinski definition) is 5. The summed E-state index contributed by atoms with van der Waals surface area (Å²) in [4.78, 5) is 16.0. The topological polar surface area (TPSA) is 51.9 Å². The number of rotatable bonds is 10. The molecule has 2 heterocycles. The fourth-order valence-corrected chi connectivity index (χ4v) is 4.87. The first kappa shape index (κ1) is 24.8. The van der Waals surface area contributed by atoms with E-state index in [1.807, 2.05) is 30.3 Å². The molecular weight excluding hydrogens is 469 g/mol. The van der Waals surface area contributed by atoms with Gasteiger partial charge in [0.25, 0.3) is 0 Å². The fourth-order valence-electron chi connectivity index (χ4n) is 4.87. The lowest BCUT2D eigenvalue weighted by Gasteiger charge is -2.18. The van der Waals surface area contributed by atoms with Crippen LogP contribution in [0.1, 0.15) is 40.1 Å². The van der Waals surface area contributed by atoms with Gasteiger partial charge in [0, 0.05) is 6.54 Å². The van der Waals surface area contributed by atoms with E-state index in [0.29, 0.717) is 24.3 Å². The number of carbonyl (C=O) groups excluding carboxylic acids is 1. The summed E-state index contributed by atoms with van der Waals surface area (Å²) in [5.41, 5.74) is 3.94. The van der Waals surface area contributed by atoms with Crippen LogP contribution >= 0.6 is 0 Å². The van der Waals surface area contributed by atoms with Gasteiger partial charge in [-0.15, -0.1) is 0 Å². The second-order valence-corrected chi connectivity index (χ2v) is 9.20. The van der Waals surface area contributed by atoms with E-state index >= 15 is 0 Å². The maximum Gasteiger partial charge on any atom is 0.232 e. The van der Waals surface area contributed by atoms with Crippen LogP contribution in [0.25, 0.3) is 11.1 Å². The van der Waals surface area contributed by atoms with E-state index in [1.54, 1.807) is 37.4 Å². The highest BCUT2D eigenvalue weighted by molar-refractivity contribution is 6.11. The monoisotopic (exact) mass is 499 g/mol. The number of methoxy groups -OCH3 is 1. The minimum atomic E-state index is -0.304. The van der Waals surface area contributed by atoms with Crippen molar-refractivity contribution in [3.63, 3.8) is 0 Å². The molecule has 3 aromatic carbocycles. The Balaban J connectivity index is 1.48. The second kappa shape index (κ2) is 11.4. The third kappa shape index (κ3) is 5.75. The summed E-state index contributed by atoms with van der Waals surface area (Å²) in [5.74, 6) is 0.939. The zero-order chi connectivity index (χ0) is 25.6. The molecule has 0 N–H and O–H groups in total. The van der Waals surface area contributed by atoms with Crippen LogP contribution in [0.4, 0.5) is 4.39 Å². The average molecular weight is 500 g/mol. The average Bonchev–Trinajstić information content (AvgIpc) is 3.65. The van der Waals surface area contributed by atoms with Crippen molar-refractivity contribution in [1.82, 2.24) is 4.90 Å². The Kier molecular flexibility index (Phi) is 7.66. The van der Waals surface area contributed by atoms with E-state index in [0.717, 1.165) is 47.6 Å². The highest BCUT2D eigenvalue weighted by atomic mass is 19.1. The third-order valence-electron chi connectivity index (χ3n) is 6.80. The normalized spacial score (nSPS) is 13.6. The maximum absolute atomic E-state index is 13.6. The molecule has 0 radical (unpaired) electrons. The van der Waals surface area contributed by atoms with Gasteiger partial charge in [-0.05, 0) is 97.1 Å². The Morgan fingerprint density at radius 1 is 0.973 bits per heavy atom. The lowest BCUT2D eigenvalue weighted by Crippen LogP contribution is -2.25. The van der Waals surface area contributed by atoms with Crippen molar-refractivity contribution in [2.45, 2.75) is 19.3 Å². The highest BCUT2D eigenvalue weighted by Crippen LogP contribution is 2.36. The molecule has 1 aromatic heterocycles. The van der Waals surface area contributed by atoms with E-state index in [1.165, 1.54) is 31.2 Å². The molecule has 1 fully saturated rings. The predicted molar refractivity (Wildman–Crippen MR) is 141 cm³/mol. The lowest BCUT2D eigenvalue weighted by molar-refractivity contribution is 0.101. The molecule has 0 amide bonds. The minimum Gasteiger partial charge on any atom is -0.496 e. The van der Waals surface area contributed by atoms with Crippen LogP contribution < -0.4 is 9.47 Å². The number of halogens is 1. The molecule has 5 rings (SSSR count). The highest BCUT2D eigenvalue weighted by Gasteiger charge is 2.24. The fraction of sp³-hybridized carbons (Fsp3) is 0.258. The smallest absolute Gasteiger partial charge is 0.232 e. The summed E-state index contributed by atoms with van der Waals surface area (Å²) in [5, 5.41) is 0. The molecule has 0 unspecified atom stereocenters. The van der Waals surface area contributed by atoms with Gasteiger partial charge in [-0.3, -0.25) is 9.69 Å². The standard InChI is InChI=1S/C31H30FNO4/c1-35-28-15-14-26(23-8-12-25(13-9-23)36-20-18-33-16-2-3-17-33)27(21-22-6-10-24(32)11-7-22)30(28)31(34)29-5-4-19-37-29/h4-15,19H,2-3,16-18,20-21H2,1H3. The van der Waals surface area contributed by atoms with Crippen molar-refractivity contribution < 1.29 is 23.1 Å². The molecule has 4 aromatic rings. The van der Waals surface area contributed by atoms with Gasteiger partial charge < -0.3 is 13.9 Å². The molecule has 1 saturated heterocycles. The maximum atomic E-state index is 13.6. The van der Waals surface area contributed by atoms with Crippen LogP contribution in [0.2, 0.25) is 0 Å². The SMILES string of the molecule is COc1ccc(-c2ccc(OCCN3CCCC3)cc2)c(Cc2ccc(F)cc2)c1C(=O)c1ccco1. The number of hydrogen-bond donors (Lipinski definition) is 0. The Morgan fingerprint density at radius 3 is 2.41 bits per heavy atom. The lowest BCUT2D eigenvalue weighted by atomic mass is 9.88. The number of likely N-dealkylation sites (tertiary alicyclic amines) is 1. The van der Waals surface area contributed by atoms with Crippen molar-refractivity contribution in [1.29, 1.82) is 0 Å². The summed E-state index contributed by atoms with van der Waals surface area (Å²) in [6.45, 7) is 3.88. The number of furan rings is 1. The molecule has 5 nitrogen and oxygen atoms in total. The molecule has 0 bridgehead atoms. The largest absolute Gasteiger partial charge is 0.496 e. The van der Waals surface area contributed by atoms with Crippen LogP contribution in [0.5, 0.6) is 11.5 Å². The van der Waals surface area contributed by atoms with Gasteiger partial charge in [0.1, 0.15) is 23.9 Å². The van der Waals surface area contributed by atoms with Gasteiger partial charge >= 0.3 is 0 Å². The third-order valence-corrected chi connectivity index (χ3v) is 6.80. The zero-order valence-corrected chi connectivity index (χ0v) is 20.9. The predicted octanol–water partition coefficient (Wildman–Crippen LogP) is 6.39. The van der Waals surface area contributed by atoms with Gasteiger partial charge in [0.05, 0.1) is 18.9 Å². The second-order valence-electron chi connectivity index (χ2n) is 9.20. The zero-order valence-electron chi connectivity index (χ0n) is 20.9. The Labute approximate surface area is 216 Å². The van der Waals surface area contributed by atoms with Crippen molar-refractivity contribution in [3.05, 3.63) is 107 Å². The van der Waals surface area contributed by atoms with Crippen LogP contribution in [-0.4, -0.2) is 44.0 Å². The van der Waals surface area contributed by atoms with Gasteiger partial charge in [-0.2, -0.15) is 0 Å². The van der Waals surface area contributed by atoms with Crippen LogP contribution in [0, 0.1) is 5.82 Å². The molecule has 190 valence electrons. The number of carbonyl (C=O) groups is 1. The quantitative estimate of drug-likeness (QED) is 0.237. The van der Waals surface area contributed by atoms with Crippen LogP contribution in [0.15, 0.2) is 83.5 Å². The summed E-state index contributed by atoms with van der Waals surface area (Å²) >= 11 is 0. The number of ketones is 1. The van der Waals surface area contributed by atoms with E-state index in [-0.39, 0.29) is 17.4 Å². The van der Waals surface area contributed by atoms with Crippen molar-refractivity contribution >= 4 is 5.78 Å². The molecule has 0 spiro atoms. The molecule has 6 heteroatoms. The molecule has 0 aliphatic carbocycles. The minimum absolute atomic E-state index is 0.234. The molecule has 37 heavy (non-hydrogen) atoms. The number of nitrogens with zero attached hydrogens (tertiary/aromatic N) is 1. The Morgan fingerprint density at radius 2 is 1.73 bits per heavy atom. The van der Waals surface area contributed by atoms with Crippen LogP contribution in [0.3, 0.4) is 0 Å². The van der Waals surface area contributed by atoms with Crippen LogP contribution in [-0.2, 0) is 6.42 Å². The van der Waals surface area contributed by atoms with Gasteiger partial charge in [0.2, 0.25) is 5.78 Å². The molecular formula is C31H30FNO4. The Hall–Kier alpha value is -3.90. The molecule has 0 saturated carbocycles. The van der Waals surface area contributed by atoms with E-state index in [2.05, 4.69) is 4.90 Å². The summed E-state index contributed by atoms with van der Waals surface area (Å²) < 4.78 is 30.6. The summed E-state index contributed by atoms with van der Waals surface area (Å²) in [6, 6.07) is 21.3. The summed E-state index contributed by atoms with van der Waals surface area (Å²) in [7, 11) is 1.55. The first-order chi connectivity index (χ1) is 18.1. The van der Waals surface area contributed by atoms with E-state index in [4.69, 9.17) is 13.9 Å². The van der Waals surface area contributed by atoms with Crippen molar-refractivity contribution in [2.24, 2.45) is 0 Å². The Bertz CT molecular complexity index is 1330. The first-order valence-corrected chi connectivity index (χ1v) is 12.6. The van der Waals surface area contributed by atoms with E-state index < -0.39 is 0 Å². The number of ether oxygens (including phenoxy) is 2.